The monoisotopic (exact) mass is 833 g/mol. The fraction of sp³-hybridized carbons (Fsp3) is 0.550. The van der Waals surface area contributed by atoms with Crippen molar-refractivity contribution in [1.82, 2.24) is 30.9 Å². The molecule has 0 radical (unpaired) electrons. The normalized spacial score (nSPS) is 19.3. The van der Waals surface area contributed by atoms with Gasteiger partial charge in [-0.3, -0.25) is 24.0 Å². The zero-order valence-corrected chi connectivity index (χ0v) is 34.0. The lowest BCUT2D eigenvalue weighted by Crippen LogP contribution is -2.58. The average Bonchev–Trinajstić information content (AvgIpc) is 3.63. The zero-order valence-electron chi connectivity index (χ0n) is 33.2. The molecule has 2 aliphatic rings. The summed E-state index contributed by atoms with van der Waals surface area (Å²) < 4.78 is 34.7. The van der Waals surface area contributed by atoms with Crippen LogP contribution in [0.3, 0.4) is 0 Å². The van der Waals surface area contributed by atoms with E-state index < -0.39 is 88.5 Å². The van der Waals surface area contributed by atoms with Crippen LogP contribution in [0.2, 0.25) is 0 Å². The Morgan fingerprint density at radius 1 is 0.931 bits per heavy atom. The topological polar surface area (TPSA) is 255 Å². The van der Waals surface area contributed by atoms with E-state index in [1.807, 2.05) is 13.8 Å². The highest BCUT2D eigenvalue weighted by Gasteiger charge is 2.46. The number of alkyl carbamates (subject to hydrolysis) is 1. The van der Waals surface area contributed by atoms with Crippen LogP contribution in [0.25, 0.3) is 0 Å². The molecule has 6 amide bonds. The quantitative estimate of drug-likeness (QED) is 0.109. The van der Waals surface area contributed by atoms with Gasteiger partial charge in [0.05, 0.1) is 24.1 Å². The maximum atomic E-state index is 14.5. The highest BCUT2D eigenvalue weighted by molar-refractivity contribution is 7.89. The molecule has 18 heteroatoms. The molecule has 1 heterocycles. The molecule has 1 unspecified atom stereocenters. The average molecular weight is 834 g/mol. The summed E-state index contributed by atoms with van der Waals surface area (Å²) in [4.78, 5) is 80.9. The van der Waals surface area contributed by atoms with E-state index in [1.54, 1.807) is 55.5 Å². The Kier molecular flexibility index (Phi) is 17.0. The summed E-state index contributed by atoms with van der Waals surface area (Å²) in [5.41, 5.74) is 5.91. The van der Waals surface area contributed by atoms with Gasteiger partial charge in [0.1, 0.15) is 18.1 Å². The summed E-state index contributed by atoms with van der Waals surface area (Å²) in [5, 5.41) is 21.4. The molecule has 324 valence electrons. The number of hydrogen-bond donors (Lipinski definition) is 7. The van der Waals surface area contributed by atoms with Crippen molar-refractivity contribution in [2.45, 2.75) is 113 Å². The Morgan fingerprint density at radius 2 is 1.57 bits per heavy atom. The van der Waals surface area contributed by atoms with E-state index in [9.17, 15) is 42.3 Å². The molecule has 8 N–H and O–H groups in total. The lowest BCUT2D eigenvalue weighted by Gasteiger charge is -2.35. The van der Waals surface area contributed by atoms with Crippen molar-refractivity contribution in [1.29, 1.82) is 0 Å². The fourth-order valence-electron chi connectivity index (χ4n) is 7.27. The van der Waals surface area contributed by atoms with Crippen LogP contribution in [0, 0.1) is 11.8 Å². The predicted molar refractivity (Wildman–Crippen MR) is 219 cm³/mol. The van der Waals surface area contributed by atoms with Crippen molar-refractivity contribution in [2.75, 3.05) is 19.7 Å². The van der Waals surface area contributed by atoms with E-state index in [0.29, 0.717) is 24.8 Å². The van der Waals surface area contributed by atoms with E-state index in [2.05, 4.69) is 26.0 Å². The molecule has 0 aromatic heterocycles. The second-order valence-electron chi connectivity index (χ2n) is 15.3. The third kappa shape index (κ3) is 13.0. The fourth-order valence-corrected chi connectivity index (χ4v) is 8.53. The molecule has 2 aromatic carbocycles. The molecule has 0 spiro atoms. The van der Waals surface area contributed by atoms with Crippen molar-refractivity contribution in [3.63, 3.8) is 0 Å². The van der Waals surface area contributed by atoms with Gasteiger partial charge < -0.3 is 41.7 Å². The molecule has 0 bridgehead atoms. The first-order valence-corrected chi connectivity index (χ1v) is 21.3. The number of aliphatic hydroxyl groups excluding tert-OH is 1. The molecule has 17 nitrogen and oxygen atoms in total. The van der Waals surface area contributed by atoms with E-state index >= 15 is 0 Å². The van der Waals surface area contributed by atoms with Crippen LogP contribution in [0.5, 0.6) is 0 Å². The minimum Gasteiger partial charge on any atom is -0.449 e. The minimum absolute atomic E-state index is 0. The first kappa shape index (κ1) is 45.6. The van der Waals surface area contributed by atoms with Gasteiger partial charge in [0.15, 0.2) is 6.10 Å². The standard InChI is InChI=1S/C40H57N7O10S.3H2/c1-4-14-30(35(49)38(52)42-22-32(48)44-33(36(41)50)26-15-8-5-9-16-26)43-37(51)31-21-28(46-58(55,56)29-19-12-7-13-20-29)23-47(31)39(53)34(27-17-10-6-11-18-27)45-40(54)57-24-25(2)3;;;/h5,7-9,12-13,15-16,19-20,25,27-28,30-31,33-35,46,49H,4,6,10-11,14,17-18,21-24H2,1-3H3,(H2,41,50)(H,42,52)(H,43,51)(H,44,48)(H,45,54);3*1H/t28-,30+,31?,33+,34+,35+;;;/m1.../s1. The number of sulfonamides is 1. The van der Waals surface area contributed by atoms with Gasteiger partial charge >= 0.3 is 6.09 Å². The van der Waals surface area contributed by atoms with Crippen molar-refractivity contribution in [3.8, 4) is 0 Å². The lowest BCUT2D eigenvalue weighted by atomic mass is 9.83. The predicted octanol–water partition coefficient (Wildman–Crippen LogP) is 2.11. The number of benzene rings is 2. The van der Waals surface area contributed by atoms with Crippen LogP contribution >= 0.6 is 0 Å². The maximum Gasteiger partial charge on any atom is 0.407 e. The number of primary amides is 1. The van der Waals surface area contributed by atoms with Gasteiger partial charge in [0.2, 0.25) is 33.7 Å². The van der Waals surface area contributed by atoms with Crippen molar-refractivity contribution >= 4 is 45.7 Å². The van der Waals surface area contributed by atoms with Crippen LogP contribution in [-0.2, 0) is 38.7 Å². The number of nitrogens with one attached hydrogen (secondary N) is 5. The second-order valence-corrected chi connectivity index (χ2v) is 17.0. The lowest BCUT2D eigenvalue weighted by molar-refractivity contribution is -0.142. The van der Waals surface area contributed by atoms with Crippen molar-refractivity contribution in [2.24, 2.45) is 17.6 Å². The van der Waals surface area contributed by atoms with Gasteiger partial charge in [0.25, 0.3) is 5.91 Å². The smallest absolute Gasteiger partial charge is 0.407 e. The number of aliphatic hydroxyl groups is 1. The summed E-state index contributed by atoms with van der Waals surface area (Å²) >= 11 is 0. The van der Waals surface area contributed by atoms with Gasteiger partial charge in [-0.25, -0.2) is 17.9 Å². The largest absolute Gasteiger partial charge is 0.449 e. The van der Waals surface area contributed by atoms with Gasteiger partial charge in [-0.1, -0.05) is 95.0 Å². The molecule has 2 fully saturated rings. The Hall–Kier alpha value is -5.07. The van der Waals surface area contributed by atoms with Crippen LogP contribution in [0.4, 0.5) is 4.79 Å². The molecule has 58 heavy (non-hydrogen) atoms. The summed E-state index contributed by atoms with van der Waals surface area (Å²) in [5.74, 6) is -4.14. The van der Waals surface area contributed by atoms with Crippen molar-refractivity contribution in [3.05, 3.63) is 66.2 Å². The van der Waals surface area contributed by atoms with Crippen LogP contribution in [0.15, 0.2) is 65.6 Å². The molecule has 4 rings (SSSR count). The number of ether oxygens (including phenoxy) is 1. The maximum absolute atomic E-state index is 14.5. The first-order chi connectivity index (χ1) is 27.6. The van der Waals surface area contributed by atoms with E-state index in [1.165, 1.54) is 17.0 Å². The van der Waals surface area contributed by atoms with Gasteiger partial charge in [-0.15, -0.1) is 0 Å². The third-order valence-electron chi connectivity index (χ3n) is 10.2. The van der Waals surface area contributed by atoms with Gasteiger partial charge in [-0.05, 0) is 55.2 Å². The molecular weight excluding hydrogens is 771 g/mol. The van der Waals surface area contributed by atoms with Crippen LogP contribution in [-0.4, -0.2) is 104 Å². The van der Waals surface area contributed by atoms with Crippen LogP contribution in [0.1, 0.15) is 88.0 Å². The van der Waals surface area contributed by atoms with Gasteiger partial charge in [0, 0.05) is 16.9 Å². The highest BCUT2D eigenvalue weighted by atomic mass is 32.2. The molecule has 1 aliphatic heterocycles. The summed E-state index contributed by atoms with van der Waals surface area (Å²) in [6, 6.07) is 10.3. The SMILES string of the molecule is CCC[C@H](NC(=O)C1C[C@@H](NS(=O)(=O)c2ccccc2)CN1C(=O)[C@@H](NC(=O)OCC(C)C)C1CCCCC1)[C@H](O)C(=O)NCC(=O)N[C@H](C(N)=O)c1ccccc1.[HH].[HH].[HH]. The van der Waals surface area contributed by atoms with E-state index in [-0.39, 0.29) is 47.0 Å². The molecule has 2 aromatic rings. The Morgan fingerprint density at radius 3 is 2.17 bits per heavy atom. The van der Waals surface area contributed by atoms with Crippen LogP contribution < -0.4 is 31.7 Å². The Labute approximate surface area is 344 Å². The van der Waals surface area contributed by atoms with E-state index in [0.717, 1.165) is 19.3 Å². The number of carbonyl (C=O) groups excluding carboxylic acids is 6. The van der Waals surface area contributed by atoms with E-state index in [4.69, 9.17) is 10.5 Å². The number of amides is 6. The summed E-state index contributed by atoms with van der Waals surface area (Å²) in [7, 11) is -4.08. The number of nitrogens with two attached hydrogens (primary N) is 1. The minimum atomic E-state index is -4.08. The molecule has 1 aliphatic carbocycles. The highest BCUT2D eigenvalue weighted by Crippen LogP contribution is 2.30. The van der Waals surface area contributed by atoms with Crippen molar-refractivity contribution < 1.29 is 51.3 Å². The Balaban J connectivity index is 0.00000620. The number of hydrogen-bond acceptors (Lipinski definition) is 10. The molecule has 6 atom stereocenters. The number of likely N-dealkylation sites (tertiary alicyclic amines) is 1. The molecule has 1 saturated heterocycles. The number of rotatable bonds is 19. The molecular formula is C40H63N7O10S. The van der Waals surface area contributed by atoms with Gasteiger partial charge in [-0.2, -0.15) is 0 Å². The summed E-state index contributed by atoms with van der Waals surface area (Å²) in [6.45, 7) is 4.80. The summed E-state index contributed by atoms with van der Waals surface area (Å²) in [6.07, 6.45) is 1.66. The second kappa shape index (κ2) is 21.6. The third-order valence-corrected chi connectivity index (χ3v) is 11.7. The zero-order chi connectivity index (χ0) is 42.4. The number of nitrogens with zero attached hydrogens (tertiary/aromatic N) is 1. The number of carbonyl (C=O) groups is 6. The Bertz CT molecular complexity index is 1840. The molecule has 1 saturated carbocycles. The first-order valence-electron chi connectivity index (χ1n) is 19.8.